The molecule has 1 saturated heterocycles. The van der Waals surface area contributed by atoms with Gasteiger partial charge in [0.25, 0.3) is 0 Å². The monoisotopic (exact) mass is 411 g/mol. The van der Waals surface area contributed by atoms with E-state index in [0.29, 0.717) is 5.56 Å². The molecule has 0 bridgehead atoms. The maximum atomic E-state index is 13.1. The fourth-order valence-electron chi connectivity index (χ4n) is 3.05. The van der Waals surface area contributed by atoms with E-state index in [1.54, 1.807) is 18.3 Å². The van der Waals surface area contributed by atoms with Crippen LogP contribution in [0.5, 0.6) is 0 Å². The number of amides is 1. The number of nitrogens with zero attached hydrogens (tertiary/aromatic N) is 4. The summed E-state index contributed by atoms with van der Waals surface area (Å²) >= 11 is 0. The Bertz CT molecular complexity index is 1070. The number of hydrogen-bond donors (Lipinski definition) is 0. The van der Waals surface area contributed by atoms with Gasteiger partial charge in [-0.25, -0.2) is 14.8 Å². The number of rotatable bonds is 4. The van der Waals surface area contributed by atoms with Gasteiger partial charge in [-0.3, -0.25) is 9.88 Å². The van der Waals surface area contributed by atoms with E-state index in [1.807, 2.05) is 30.3 Å². The highest BCUT2D eigenvalue weighted by Crippen LogP contribution is 2.35. The Labute approximate surface area is 169 Å². The molecule has 0 unspecified atom stereocenters. The van der Waals surface area contributed by atoms with E-state index in [4.69, 9.17) is 4.74 Å². The Morgan fingerprint density at radius 1 is 1.10 bits per heavy atom. The molecule has 1 amide bonds. The van der Waals surface area contributed by atoms with E-state index in [1.165, 1.54) is 11.1 Å². The quantitative estimate of drug-likeness (QED) is 0.641. The average Bonchev–Trinajstić information content (AvgIpc) is 3.14. The van der Waals surface area contributed by atoms with E-state index >= 15 is 0 Å². The Hall–Kier alpha value is -3.75. The number of aromatic nitrogens is 3. The molecular weight excluding hydrogens is 397 g/mol. The normalized spacial score (nSPS) is 17.2. The van der Waals surface area contributed by atoms with Gasteiger partial charge in [-0.2, -0.15) is 13.2 Å². The third kappa shape index (κ3) is 4.00. The van der Waals surface area contributed by atoms with Crippen molar-refractivity contribution < 1.29 is 22.7 Å². The summed E-state index contributed by atoms with van der Waals surface area (Å²) in [5.74, 6) is -0.310. The van der Waals surface area contributed by atoms with Gasteiger partial charge in [-0.05, 0) is 23.8 Å². The van der Waals surface area contributed by atoms with E-state index < -0.39 is 24.0 Å². The summed E-state index contributed by atoms with van der Waals surface area (Å²) in [6.45, 7) is 0.0811. The molecule has 0 N–H and O–H groups in total. The van der Waals surface area contributed by atoms with Crippen molar-refractivity contribution >= 4 is 11.8 Å². The largest absolute Gasteiger partial charge is 0.447 e. The molecular formula is C21H14F3N4O2. The zero-order chi connectivity index (χ0) is 21.1. The van der Waals surface area contributed by atoms with Crippen LogP contribution in [-0.2, 0) is 10.9 Å². The van der Waals surface area contributed by atoms with Crippen molar-refractivity contribution in [1.29, 1.82) is 0 Å². The molecule has 151 valence electrons. The highest BCUT2D eigenvalue weighted by Gasteiger charge is 2.38. The summed E-state index contributed by atoms with van der Waals surface area (Å²) in [6, 6.07) is 12.7. The second-order valence-electron chi connectivity index (χ2n) is 6.35. The van der Waals surface area contributed by atoms with Crippen LogP contribution in [0.4, 0.5) is 18.0 Å². The van der Waals surface area contributed by atoms with Gasteiger partial charge in [0.2, 0.25) is 0 Å². The summed E-state index contributed by atoms with van der Waals surface area (Å²) in [6.07, 6.45) is 1.49. The number of alkyl halides is 3. The zero-order valence-electron chi connectivity index (χ0n) is 15.4. The van der Waals surface area contributed by atoms with Gasteiger partial charge in [0, 0.05) is 24.2 Å². The van der Waals surface area contributed by atoms with Crippen molar-refractivity contribution in [3.63, 3.8) is 0 Å². The van der Waals surface area contributed by atoms with Crippen LogP contribution in [-0.4, -0.2) is 32.6 Å². The molecule has 1 aliphatic heterocycles. The molecule has 0 spiro atoms. The van der Waals surface area contributed by atoms with Crippen molar-refractivity contribution in [2.45, 2.75) is 12.2 Å². The van der Waals surface area contributed by atoms with Crippen LogP contribution < -0.4 is 0 Å². The molecule has 0 aliphatic carbocycles. The maximum absolute atomic E-state index is 13.1. The molecule has 1 radical (unpaired) electrons. The van der Waals surface area contributed by atoms with Crippen LogP contribution in [0.15, 0.2) is 67.1 Å². The number of pyridine rings is 1. The van der Waals surface area contributed by atoms with Crippen molar-refractivity contribution in [2.24, 2.45) is 0 Å². The second kappa shape index (κ2) is 7.94. The Morgan fingerprint density at radius 3 is 2.60 bits per heavy atom. The number of carbonyl (C=O) groups is 1. The van der Waals surface area contributed by atoms with Gasteiger partial charge in [-0.15, -0.1) is 0 Å². The van der Waals surface area contributed by atoms with Crippen LogP contribution >= 0.6 is 0 Å². The van der Waals surface area contributed by atoms with Crippen molar-refractivity contribution in [3.8, 4) is 0 Å². The van der Waals surface area contributed by atoms with Crippen LogP contribution in [0.25, 0.3) is 5.70 Å². The number of carbonyl (C=O) groups excluding carboxylic acids is 1. The van der Waals surface area contributed by atoms with Gasteiger partial charge < -0.3 is 4.74 Å². The first-order chi connectivity index (χ1) is 14.4. The minimum atomic E-state index is -4.63. The predicted octanol–water partition coefficient (Wildman–Crippen LogP) is 4.28. The molecule has 4 rings (SSSR count). The van der Waals surface area contributed by atoms with Crippen LogP contribution in [0.2, 0.25) is 0 Å². The first-order valence-corrected chi connectivity index (χ1v) is 8.89. The third-order valence-electron chi connectivity index (χ3n) is 4.41. The molecule has 2 aromatic heterocycles. The average molecular weight is 411 g/mol. The molecule has 30 heavy (non-hydrogen) atoms. The lowest BCUT2D eigenvalue weighted by molar-refractivity contribution is -0.141. The zero-order valence-corrected chi connectivity index (χ0v) is 15.4. The number of ether oxygens (including phenoxy) is 1. The lowest BCUT2D eigenvalue weighted by atomic mass is 10.0. The van der Waals surface area contributed by atoms with E-state index in [2.05, 4.69) is 21.0 Å². The van der Waals surface area contributed by atoms with E-state index in [9.17, 15) is 18.0 Å². The molecule has 6 nitrogen and oxygen atoms in total. The first kappa shape index (κ1) is 19.6. The van der Waals surface area contributed by atoms with Crippen LogP contribution in [0.1, 0.15) is 28.7 Å². The summed E-state index contributed by atoms with van der Waals surface area (Å²) < 4.78 is 44.4. The minimum Gasteiger partial charge on any atom is -0.447 e. The minimum absolute atomic E-state index is 0.0811. The molecule has 0 saturated carbocycles. The number of halogens is 3. The van der Waals surface area contributed by atoms with Gasteiger partial charge in [-0.1, -0.05) is 30.3 Å². The SMILES string of the molecule is O=C1OC[C@@H](c2ccccc2)N1C(=[C]c1nccc(C(F)(F)F)n1)c1cccnc1. The highest BCUT2D eigenvalue weighted by molar-refractivity contribution is 5.84. The maximum Gasteiger partial charge on any atom is 0.433 e. The molecule has 1 aromatic carbocycles. The topological polar surface area (TPSA) is 68.2 Å². The lowest BCUT2D eigenvalue weighted by Crippen LogP contribution is -2.26. The standard InChI is InChI=1S/C21H14F3N4O2/c22-21(23,24)18-8-10-26-19(27-18)11-16(15-7-4-9-25-12-15)28-17(13-30-20(28)29)14-5-2-1-3-6-14/h1-10,12,17H,13H2/t17-/m0/s1. The Balaban J connectivity index is 1.83. The van der Waals surface area contributed by atoms with Crippen LogP contribution in [0, 0.1) is 6.08 Å². The van der Waals surface area contributed by atoms with Gasteiger partial charge in [0.1, 0.15) is 12.3 Å². The Morgan fingerprint density at radius 2 is 1.90 bits per heavy atom. The van der Waals surface area contributed by atoms with Gasteiger partial charge >= 0.3 is 12.3 Å². The smallest absolute Gasteiger partial charge is 0.433 e. The summed E-state index contributed by atoms with van der Waals surface area (Å²) in [5, 5.41) is 0. The second-order valence-corrected chi connectivity index (χ2v) is 6.35. The number of benzene rings is 1. The van der Waals surface area contributed by atoms with Crippen molar-refractivity contribution in [2.75, 3.05) is 6.61 Å². The molecule has 3 aromatic rings. The Kier molecular flexibility index (Phi) is 5.18. The summed E-state index contributed by atoms with van der Waals surface area (Å²) in [7, 11) is 0. The van der Waals surface area contributed by atoms with E-state index in [0.717, 1.165) is 17.8 Å². The van der Waals surface area contributed by atoms with Crippen molar-refractivity contribution in [3.05, 3.63) is 95.8 Å². The fourth-order valence-corrected chi connectivity index (χ4v) is 3.05. The fraction of sp³-hybridized carbons (Fsp3) is 0.143. The first-order valence-electron chi connectivity index (χ1n) is 8.89. The van der Waals surface area contributed by atoms with Gasteiger partial charge in [0.05, 0.1) is 17.8 Å². The van der Waals surface area contributed by atoms with Crippen molar-refractivity contribution in [1.82, 2.24) is 19.9 Å². The lowest BCUT2D eigenvalue weighted by Gasteiger charge is -2.24. The highest BCUT2D eigenvalue weighted by atomic mass is 19.4. The molecule has 1 aliphatic rings. The summed E-state index contributed by atoms with van der Waals surface area (Å²) in [5.41, 5.74) is 0.322. The third-order valence-corrected chi connectivity index (χ3v) is 4.41. The van der Waals surface area contributed by atoms with Crippen LogP contribution in [0.3, 0.4) is 0 Å². The van der Waals surface area contributed by atoms with Gasteiger partial charge in [0.15, 0.2) is 5.82 Å². The number of hydrogen-bond acceptors (Lipinski definition) is 5. The molecule has 3 heterocycles. The number of cyclic esters (lactones) is 1. The predicted molar refractivity (Wildman–Crippen MR) is 99.4 cm³/mol. The van der Waals surface area contributed by atoms with E-state index in [-0.39, 0.29) is 18.1 Å². The molecule has 1 fully saturated rings. The molecule has 1 atom stereocenters. The summed E-state index contributed by atoms with van der Waals surface area (Å²) in [4.78, 5) is 25.4. The molecule has 9 heteroatoms.